The summed E-state index contributed by atoms with van der Waals surface area (Å²) in [6, 6.07) is -0.553. The van der Waals surface area contributed by atoms with E-state index in [1.165, 1.54) is 12.0 Å². The summed E-state index contributed by atoms with van der Waals surface area (Å²) in [5, 5.41) is 2.91. The fourth-order valence-corrected chi connectivity index (χ4v) is 1.84. The van der Waals surface area contributed by atoms with Crippen LogP contribution in [0.3, 0.4) is 0 Å². The molecule has 0 radical (unpaired) electrons. The van der Waals surface area contributed by atoms with Crippen molar-refractivity contribution in [1.29, 1.82) is 0 Å². The zero-order chi connectivity index (χ0) is 14.9. The van der Waals surface area contributed by atoms with Crippen LogP contribution in [0, 0.1) is 0 Å². The topological polar surface area (TPSA) is 41.6 Å². The lowest BCUT2D eigenvalue weighted by Crippen LogP contribution is -2.42. The fraction of sp³-hybridized carbons (Fsp3) is 0.917. The first-order valence-corrected chi connectivity index (χ1v) is 6.44. The molecule has 1 unspecified atom stereocenters. The monoisotopic (exact) mass is 284 g/mol. The maximum Gasteiger partial charge on any atom is 0.401 e. The van der Waals surface area contributed by atoms with Crippen molar-refractivity contribution in [3.05, 3.63) is 0 Å². The first-order chi connectivity index (χ1) is 8.84. The third kappa shape index (κ3) is 8.83. The summed E-state index contributed by atoms with van der Waals surface area (Å²) in [6.07, 6.45) is -3.27. The Morgan fingerprint density at radius 1 is 1.32 bits per heavy atom. The van der Waals surface area contributed by atoms with Crippen LogP contribution >= 0.6 is 0 Å². The molecule has 0 amide bonds. The predicted molar refractivity (Wildman–Crippen MR) is 66.9 cm³/mol. The molecular weight excluding hydrogens is 261 g/mol. The van der Waals surface area contributed by atoms with Gasteiger partial charge in [0.1, 0.15) is 6.04 Å². The number of carbonyl (C=O) groups is 1. The van der Waals surface area contributed by atoms with E-state index in [0.29, 0.717) is 25.9 Å². The zero-order valence-electron chi connectivity index (χ0n) is 11.7. The molecule has 1 N–H and O–H groups in total. The second-order valence-corrected chi connectivity index (χ2v) is 4.31. The molecule has 0 saturated carbocycles. The number of carbonyl (C=O) groups excluding carboxylic acids is 1. The molecule has 19 heavy (non-hydrogen) atoms. The molecule has 0 aliphatic carbocycles. The van der Waals surface area contributed by atoms with Gasteiger partial charge in [0.15, 0.2) is 0 Å². The number of nitrogens with one attached hydrogen (secondary N) is 1. The van der Waals surface area contributed by atoms with Crippen LogP contribution in [0.4, 0.5) is 13.2 Å². The third-order valence-corrected chi connectivity index (χ3v) is 2.61. The fourth-order valence-electron chi connectivity index (χ4n) is 1.84. The molecule has 0 bridgehead atoms. The summed E-state index contributed by atoms with van der Waals surface area (Å²) >= 11 is 0. The average molecular weight is 284 g/mol. The lowest BCUT2D eigenvalue weighted by molar-refractivity contribution is -0.147. The van der Waals surface area contributed by atoms with Crippen LogP contribution in [-0.4, -0.2) is 56.4 Å². The first kappa shape index (κ1) is 18.2. The van der Waals surface area contributed by atoms with Crippen molar-refractivity contribution in [2.24, 2.45) is 0 Å². The Balaban J connectivity index is 4.37. The molecule has 0 rings (SSSR count). The molecule has 0 fully saturated rings. The van der Waals surface area contributed by atoms with E-state index in [1.807, 2.05) is 13.8 Å². The van der Waals surface area contributed by atoms with Gasteiger partial charge in [0.2, 0.25) is 0 Å². The largest absolute Gasteiger partial charge is 0.468 e. The summed E-state index contributed by atoms with van der Waals surface area (Å²) in [7, 11) is 1.27. The molecule has 0 aromatic heterocycles. The van der Waals surface area contributed by atoms with Crippen molar-refractivity contribution in [3.8, 4) is 0 Å². The van der Waals surface area contributed by atoms with Crippen LogP contribution in [0.1, 0.15) is 26.7 Å². The Morgan fingerprint density at radius 2 is 1.95 bits per heavy atom. The van der Waals surface area contributed by atoms with E-state index >= 15 is 0 Å². The molecule has 7 heteroatoms. The van der Waals surface area contributed by atoms with Crippen LogP contribution in [0.25, 0.3) is 0 Å². The van der Waals surface area contributed by atoms with Gasteiger partial charge in [-0.15, -0.1) is 0 Å². The second kappa shape index (κ2) is 9.14. The molecular formula is C12H23F3N2O2. The molecule has 1 atom stereocenters. The third-order valence-electron chi connectivity index (χ3n) is 2.61. The Kier molecular flexibility index (Phi) is 8.75. The van der Waals surface area contributed by atoms with E-state index in [0.717, 1.165) is 0 Å². The zero-order valence-corrected chi connectivity index (χ0v) is 11.7. The standard InChI is InChI=1S/C12H23F3N2O2/c1-4-7-17(9-12(13,14)15)8-6-10(16-5-2)11(18)19-3/h10,16H,4-9H2,1-3H3. The van der Waals surface area contributed by atoms with E-state index in [1.54, 1.807) is 0 Å². The van der Waals surface area contributed by atoms with Gasteiger partial charge in [-0.2, -0.15) is 13.2 Å². The van der Waals surface area contributed by atoms with E-state index in [2.05, 4.69) is 10.1 Å². The number of methoxy groups -OCH3 is 1. The quantitative estimate of drug-likeness (QED) is 0.656. The maximum absolute atomic E-state index is 12.4. The van der Waals surface area contributed by atoms with Crippen LogP contribution in [0.2, 0.25) is 0 Å². The van der Waals surface area contributed by atoms with Gasteiger partial charge in [0.25, 0.3) is 0 Å². The summed E-state index contributed by atoms with van der Waals surface area (Å²) in [5.41, 5.74) is 0. The smallest absolute Gasteiger partial charge is 0.401 e. The Morgan fingerprint density at radius 3 is 2.37 bits per heavy atom. The van der Waals surface area contributed by atoms with Crippen molar-refractivity contribution in [2.45, 2.75) is 38.9 Å². The van der Waals surface area contributed by atoms with Crippen LogP contribution < -0.4 is 5.32 Å². The number of nitrogens with zero attached hydrogens (tertiary/aromatic N) is 1. The van der Waals surface area contributed by atoms with Gasteiger partial charge in [-0.25, -0.2) is 0 Å². The molecule has 0 aromatic rings. The molecule has 0 aliphatic rings. The number of alkyl halides is 3. The van der Waals surface area contributed by atoms with Crippen LogP contribution in [0.15, 0.2) is 0 Å². The average Bonchev–Trinajstić information content (AvgIpc) is 2.31. The first-order valence-electron chi connectivity index (χ1n) is 6.44. The van der Waals surface area contributed by atoms with Crippen molar-refractivity contribution in [3.63, 3.8) is 0 Å². The Bertz CT molecular complexity index is 260. The second-order valence-electron chi connectivity index (χ2n) is 4.31. The highest BCUT2D eigenvalue weighted by Gasteiger charge is 2.30. The van der Waals surface area contributed by atoms with Gasteiger partial charge < -0.3 is 10.1 Å². The van der Waals surface area contributed by atoms with E-state index in [4.69, 9.17) is 0 Å². The number of ether oxygens (including phenoxy) is 1. The van der Waals surface area contributed by atoms with Crippen LogP contribution in [-0.2, 0) is 9.53 Å². The minimum atomic E-state index is -4.21. The minimum absolute atomic E-state index is 0.208. The van der Waals surface area contributed by atoms with Gasteiger partial charge in [-0.3, -0.25) is 9.69 Å². The summed E-state index contributed by atoms with van der Waals surface area (Å²) in [6.45, 7) is 3.84. The lowest BCUT2D eigenvalue weighted by Gasteiger charge is -2.25. The lowest BCUT2D eigenvalue weighted by atomic mass is 10.2. The van der Waals surface area contributed by atoms with Crippen molar-refractivity contribution < 1.29 is 22.7 Å². The predicted octanol–water partition coefficient (Wildman–Crippen LogP) is 1.80. The highest BCUT2D eigenvalue weighted by Crippen LogP contribution is 2.17. The van der Waals surface area contributed by atoms with Gasteiger partial charge in [0, 0.05) is 6.54 Å². The van der Waals surface area contributed by atoms with Gasteiger partial charge in [-0.1, -0.05) is 13.8 Å². The van der Waals surface area contributed by atoms with Gasteiger partial charge >= 0.3 is 12.1 Å². The van der Waals surface area contributed by atoms with E-state index < -0.39 is 24.7 Å². The molecule has 0 saturated heterocycles. The van der Waals surface area contributed by atoms with Crippen molar-refractivity contribution >= 4 is 5.97 Å². The normalized spacial score (nSPS) is 13.6. The van der Waals surface area contributed by atoms with Gasteiger partial charge in [0.05, 0.1) is 13.7 Å². The van der Waals surface area contributed by atoms with Gasteiger partial charge in [-0.05, 0) is 25.9 Å². The Labute approximate surface area is 112 Å². The van der Waals surface area contributed by atoms with E-state index in [9.17, 15) is 18.0 Å². The number of halogens is 3. The summed E-state index contributed by atoms with van der Waals surface area (Å²) < 4.78 is 41.7. The maximum atomic E-state index is 12.4. The molecule has 114 valence electrons. The van der Waals surface area contributed by atoms with Crippen molar-refractivity contribution in [2.75, 3.05) is 33.3 Å². The van der Waals surface area contributed by atoms with Crippen LogP contribution in [0.5, 0.6) is 0 Å². The molecule has 0 spiro atoms. The number of hydrogen-bond donors (Lipinski definition) is 1. The number of rotatable bonds is 9. The van der Waals surface area contributed by atoms with Crippen molar-refractivity contribution in [1.82, 2.24) is 10.2 Å². The molecule has 4 nitrogen and oxygen atoms in total. The Hall–Kier alpha value is -0.820. The summed E-state index contributed by atoms with van der Waals surface area (Å²) in [4.78, 5) is 12.7. The number of hydrogen-bond acceptors (Lipinski definition) is 4. The summed E-state index contributed by atoms with van der Waals surface area (Å²) in [5.74, 6) is -0.440. The SMILES string of the molecule is CCCN(CCC(NCC)C(=O)OC)CC(F)(F)F. The number of esters is 1. The minimum Gasteiger partial charge on any atom is -0.468 e. The highest BCUT2D eigenvalue weighted by molar-refractivity contribution is 5.75. The molecule has 0 aromatic carbocycles. The molecule has 0 heterocycles. The van der Waals surface area contributed by atoms with E-state index in [-0.39, 0.29) is 6.54 Å². The highest BCUT2D eigenvalue weighted by atomic mass is 19.4. The number of likely N-dealkylation sites (N-methyl/N-ethyl adjacent to an activating group) is 1. The molecule has 0 aliphatic heterocycles.